The van der Waals surface area contributed by atoms with Gasteiger partial charge in [-0.15, -0.1) is 23.9 Å². The summed E-state index contributed by atoms with van der Waals surface area (Å²) in [6.45, 7) is 2.06. The number of halogens is 1. The Hall–Kier alpha value is -0.480. The molecule has 0 spiro atoms. The zero-order valence-corrected chi connectivity index (χ0v) is 8.94. The predicted octanol–water partition coefficient (Wildman–Crippen LogP) is 3.01. The quantitative estimate of drug-likeness (QED) is 0.351. The molecule has 0 aliphatic heterocycles. The number of unbranched alkanes of at least 4 members (excludes halogenated alkanes) is 1. The number of hydrogen-bond acceptors (Lipinski definition) is 1. The number of rotatable bonds is 7. The van der Waals surface area contributed by atoms with E-state index in [1.54, 1.807) is 0 Å². The third-order valence-electron chi connectivity index (χ3n) is 2.09. The molecule has 0 heterocycles. The van der Waals surface area contributed by atoms with Gasteiger partial charge in [-0.2, -0.15) is 0 Å². The Morgan fingerprint density at radius 3 is 2.77 bits per heavy atom. The molecule has 74 valence electrons. The minimum atomic E-state index is 0.294. The fourth-order valence-electron chi connectivity index (χ4n) is 1.12. The maximum Gasteiger partial charge on any atom is 0.133 e. The van der Waals surface area contributed by atoms with Crippen LogP contribution in [0.5, 0.6) is 0 Å². The summed E-state index contributed by atoms with van der Waals surface area (Å²) in [6, 6.07) is 0. The van der Waals surface area contributed by atoms with Crippen LogP contribution >= 0.6 is 11.6 Å². The molecule has 0 fully saturated rings. The van der Waals surface area contributed by atoms with Crippen molar-refractivity contribution in [1.29, 1.82) is 0 Å². The van der Waals surface area contributed by atoms with Crippen LogP contribution in [0.15, 0.2) is 0 Å². The lowest BCUT2D eigenvalue weighted by atomic mass is 9.99. The van der Waals surface area contributed by atoms with Crippen molar-refractivity contribution in [1.82, 2.24) is 0 Å². The molecule has 1 unspecified atom stereocenters. The first-order valence-corrected chi connectivity index (χ1v) is 5.29. The Morgan fingerprint density at radius 2 is 2.31 bits per heavy atom. The zero-order valence-electron chi connectivity index (χ0n) is 8.18. The van der Waals surface area contributed by atoms with Crippen molar-refractivity contribution in [2.45, 2.75) is 39.0 Å². The molecule has 0 aromatic heterocycles. The van der Waals surface area contributed by atoms with Gasteiger partial charge in [0, 0.05) is 25.1 Å². The van der Waals surface area contributed by atoms with Gasteiger partial charge in [0.1, 0.15) is 5.78 Å². The Morgan fingerprint density at radius 1 is 1.62 bits per heavy atom. The average Bonchev–Trinajstić information content (AvgIpc) is 2.14. The molecular formula is C11H17ClO. The summed E-state index contributed by atoms with van der Waals surface area (Å²) in [4.78, 5) is 11.3. The molecule has 0 amide bonds. The van der Waals surface area contributed by atoms with Gasteiger partial charge < -0.3 is 0 Å². The lowest BCUT2D eigenvalue weighted by Gasteiger charge is -2.08. The summed E-state index contributed by atoms with van der Waals surface area (Å²) in [5.41, 5.74) is 0. The number of terminal acetylenes is 1. The monoisotopic (exact) mass is 200 g/mol. The van der Waals surface area contributed by atoms with Crippen LogP contribution in [0.4, 0.5) is 0 Å². The highest BCUT2D eigenvalue weighted by Crippen LogP contribution is 2.12. The van der Waals surface area contributed by atoms with E-state index >= 15 is 0 Å². The number of carbonyl (C=O) groups excluding carboxylic acids is 1. The van der Waals surface area contributed by atoms with Crippen LogP contribution in [0.25, 0.3) is 0 Å². The Kier molecular flexibility index (Phi) is 7.83. The molecule has 0 aliphatic carbocycles. The van der Waals surface area contributed by atoms with Crippen molar-refractivity contribution in [2.75, 3.05) is 5.88 Å². The van der Waals surface area contributed by atoms with E-state index in [0.717, 1.165) is 12.8 Å². The van der Waals surface area contributed by atoms with Crippen LogP contribution in [0.3, 0.4) is 0 Å². The van der Waals surface area contributed by atoms with Crippen LogP contribution in [-0.2, 0) is 4.79 Å². The molecule has 0 rings (SSSR count). The normalized spacial score (nSPS) is 12.1. The second-order valence-corrected chi connectivity index (χ2v) is 3.54. The standard InChI is InChI=1S/C11H17ClO/c1-3-5-6-7-11(13)8-10(4-2)9-12/h1,10H,4-9H2,2H3. The van der Waals surface area contributed by atoms with Gasteiger partial charge in [-0.3, -0.25) is 4.79 Å². The van der Waals surface area contributed by atoms with Crippen molar-refractivity contribution in [2.24, 2.45) is 5.92 Å². The van der Waals surface area contributed by atoms with E-state index in [4.69, 9.17) is 18.0 Å². The highest BCUT2D eigenvalue weighted by atomic mass is 35.5. The minimum absolute atomic E-state index is 0.294. The molecule has 0 aromatic carbocycles. The summed E-state index contributed by atoms with van der Waals surface area (Å²) in [6.07, 6.45) is 8.80. The molecular weight excluding hydrogens is 184 g/mol. The summed E-state index contributed by atoms with van der Waals surface area (Å²) in [5, 5.41) is 0. The SMILES string of the molecule is C#CCCCC(=O)CC(CC)CCl. The van der Waals surface area contributed by atoms with Crippen LogP contribution < -0.4 is 0 Å². The molecule has 0 aliphatic rings. The van der Waals surface area contributed by atoms with Crippen molar-refractivity contribution >= 4 is 17.4 Å². The minimum Gasteiger partial charge on any atom is -0.300 e. The number of carbonyl (C=O) groups is 1. The van der Waals surface area contributed by atoms with E-state index in [0.29, 0.717) is 36.8 Å². The van der Waals surface area contributed by atoms with Crippen LogP contribution in [0, 0.1) is 18.3 Å². The highest BCUT2D eigenvalue weighted by molar-refractivity contribution is 6.18. The van der Waals surface area contributed by atoms with Gasteiger partial charge in [-0.05, 0) is 12.3 Å². The topological polar surface area (TPSA) is 17.1 Å². The van der Waals surface area contributed by atoms with E-state index in [1.807, 2.05) is 0 Å². The van der Waals surface area contributed by atoms with Crippen LogP contribution in [0.1, 0.15) is 39.0 Å². The lowest BCUT2D eigenvalue weighted by molar-refractivity contribution is -0.119. The number of ketones is 1. The van der Waals surface area contributed by atoms with Gasteiger partial charge in [0.25, 0.3) is 0 Å². The van der Waals surface area contributed by atoms with E-state index in [1.165, 1.54) is 0 Å². The predicted molar refractivity (Wildman–Crippen MR) is 56.8 cm³/mol. The number of alkyl halides is 1. The summed E-state index contributed by atoms with van der Waals surface area (Å²) in [5.74, 6) is 3.75. The van der Waals surface area contributed by atoms with Crippen molar-refractivity contribution < 1.29 is 4.79 Å². The van der Waals surface area contributed by atoms with E-state index < -0.39 is 0 Å². The fraction of sp³-hybridized carbons (Fsp3) is 0.727. The van der Waals surface area contributed by atoms with Crippen LogP contribution in [-0.4, -0.2) is 11.7 Å². The smallest absolute Gasteiger partial charge is 0.133 e. The summed E-state index contributed by atoms with van der Waals surface area (Å²) in [7, 11) is 0. The molecule has 0 radical (unpaired) electrons. The third kappa shape index (κ3) is 6.66. The molecule has 0 saturated heterocycles. The largest absolute Gasteiger partial charge is 0.300 e. The van der Waals surface area contributed by atoms with Crippen molar-refractivity contribution in [3.05, 3.63) is 0 Å². The molecule has 1 nitrogen and oxygen atoms in total. The van der Waals surface area contributed by atoms with E-state index in [9.17, 15) is 4.79 Å². The molecule has 13 heavy (non-hydrogen) atoms. The Bertz CT molecular complexity index is 177. The van der Waals surface area contributed by atoms with Gasteiger partial charge in [0.2, 0.25) is 0 Å². The maximum absolute atomic E-state index is 11.3. The van der Waals surface area contributed by atoms with Gasteiger partial charge >= 0.3 is 0 Å². The number of Topliss-reactive ketones (excluding diaryl/α,β-unsaturated/α-hetero) is 1. The van der Waals surface area contributed by atoms with E-state index in [-0.39, 0.29) is 0 Å². The first-order valence-electron chi connectivity index (χ1n) is 4.75. The van der Waals surface area contributed by atoms with Crippen molar-refractivity contribution in [3.63, 3.8) is 0 Å². The van der Waals surface area contributed by atoms with Gasteiger partial charge in [-0.25, -0.2) is 0 Å². The Balaban J connectivity index is 3.55. The zero-order chi connectivity index (χ0) is 10.1. The molecule has 0 bridgehead atoms. The second kappa shape index (κ2) is 8.13. The van der Waals surface area contributed by atoms with Crippen molar-refractivity contribution in [3.8, 4) is 12.3 Å². The van der Waals surface area contributed by atoms with Gasteiger partial charge in [0.05, 0.1) is 0 Å². The fourth-order valence-corrected chi connectivity index (χ4v) is 1.45. The Labute approximate surface area is 85.9 Å². The average molecular weight is 201 g/mol. The van der Waals surface area contributed by atoms with Gasteiger partial charge in [-0.1, -0.05) is 13.3 Å². The maximum atomic E-state index is 11.3. The first kappa shape index (κ1) is 12.5. The molecule has 2 heteroatoms. The van der Waals surface area contributed by atoms with Gasteiger partial charge in [0.15, 0.2) is 0 Å². The first-order chi connectivity index (χ1) is 6.24. The second-order valence-electron chi connectivity index (χ2n) is 3.23. The van der Waals surface area contributed by atoms with E-state index in [2.05, 4.69) is 12.8 Å². The summed E-state index contributed by atoms with van der Waals surface area (Å²) >= 11 is 5.69. The highest BCUT2D eigenvalue weighted by Gasteiger charge is 2.10. The molecule has 1 atom stereocenters. The van der Waals surface area contributed by atoms with Crippen LogP contribution in [0.2, 0.25) is 0 Å². The molecule has 0 saturated carbocycles. The third-order valence-corrected chi connectivity index (χ3v) is 2.53. The molecule has 0 N–H and O–H groups in total. The number of hydrogen-bond donors (Lipinski definition) is 0. The summed E-state index contributed by atoms with van der Waals surface area (Å²) < 4.78 is 0. The molecule has 0 aromatic rings. The lowest BCUT2D eigenvalue weighted by Crippen LogP contribution is -2.08.